The van der Waals surface area contributed by atoms with Gasteiger partial charge in [0.25, 0.3) is 5.69 Å². The van der Waals surface area contributed by atoms with Gasteiger partial charge in [0.15, 0.2) is 0 Å². The predicted molar refractivity (Wildman–Crippen MR) is 77.1 cm³/mol. The van der Waals surface area contributed by atoms with Gasteiger partial charge in [-0.15, -0.1) is 0 Å². The van der Waals surface area contributed by atoms with Crippen LogP contribution < -0.4 is 11.1 Å². The molecular weight excluding hydrogens is 258 g/mol. The van der Waals surface area contributed by atoms with Crippen molar-refractivity contribution in [2.75, 3.05) is 0 Å². The topological polar surface area (TPSA) is 98.3 Å². The van der Waals surface area contributed by atoms with E-state index in [9.17, 15) is 14.9 Å². The van der Waals surface area contributed by atoms with Gasteiger partial charge in [0.05, 0.1) is 4.92 Å². The molecule has 1 amide bonds. The molecule has 0 saturated carbocycles. The number of nitrogens with zero attached hydrogens (tertiary/aromatic N) is 1. The molecule has 0 spiro atoms. The summed E-state index contributed by atoms with van der Waals surface area (Å²) in [6, 6.07) is 4.66. The van der Waals surface area contributed by atoms with E-state index in [4.69, 9.17) is 5.73 Å². The van der Waals surface area contributed by atoms with E-state index in [-0.39, 0.29) is 36.5 Å². The van der Waals surface area contributed by atoms with Crippen LogP contribution in [0, 0.1) is 23.0 Å². The van der Waals surface area contributed by atoms with Crippen LogP contribution >= 0.6 is 0 Å². The van der Waals surface area contributed by atoms with E-state index in [1.54, 1.807) is 19.1 Å². The third-order valence-electron chi connectivity index (χ3n) is 3.37. The molecule has 6 heteroatoms. The molecule has 1 unspecified atom stereocenters. The number of nitro benzene ring substituents is 1. The fraction of sp³-hybridized carbons (Fsp3) is 0.500. The molecule has 1 atom stereocenters. The Kier molecular flexibility index (Phi) is 5.64. The van der Waals surface area contributed by atoms with Gasteiger partial charge in [0, 0.05) is 30.6 Å². The number of hydrogen-bond acceptors (Lipinski definition) is 4. The summed E-state index contributed by atoms with van der Waals surface area (Å²) in [6.07, 6.45) is 0.256. The van der Waals surface area contributed by atoms with Crippen LogP contribution in [0.15, 0.2) is 18.2 Å². The van der Waals surface area contributed by atoms with Gasteiger partial charge in [-0.05, 0) is 18.4 Å². The van der Waals surface area contributed by atoms with Gasteiger partial charge in [-0.25, -0.2) is 0 Å². The van der Waals surface area contributed by atoms with Gasteiger partial charge in [0.2, 0.25) is 5.91 Å². The molecule has 0 radical (unpaired) electrons. The minimum atomic E-state index is -0.421. The molecule has 110 valence electrons. The number of nitro groups is 1. The lowest BCUT2D eigenvalue weighted by Crippen LogP contribution is -2.34. The smallest absolute Gasteiger partial charge is 0.272 e. The van der Waals surface area contributed by atoms with E-state index in [2.05, 4.69) is 5.32 Å². The number of carbonyl (C=O) groups is 1. The lowest BCUT2D eigenvalue weighted by atomic mass is 10.0. The van der Waals surface area contributed by atoms with Crippen molar-refractivity contribution in [1.29, 1.82) is 0 Å². The van der Waals surface area contributed by atoms with Crippen LogP contribution in [0.1, 0.15) is 31.4 Å². The molecule has 0 aliphatic rings. The summed E-state index contributed by atoms with van der Waals surface area (Å²) < 4.78 is 0. The summed E-state index contributed by atoms with van der Waals surface area (Å²) in [5.41, 5.74) is 7.21. The van der Waals surface area contributed by atoms with E-state index in [0.29, 0.717) is 5.56 Å². The monoisotopic (exact) mass is 279 g/mol. The van der Waals surface area contributed by atoms with E-state index in [0.717, 1.165) is 5.56 Å². The molecule has 0 aromatic heterocycles. The number of nitrogens with two attached hydrogens (primary N) is 1. The molecule has 0 fully saturated rings. The molecule has 6 nitrogen and oxygen atoms in total. The van der Waals surface area contributed by atoms with Gasteiger partial charge < -0.3 is 11.1 Å². The van der Waals surface area contributed by atoms with E-state index < -0.39 is 4.92 Å². The molecule has 0 saturated heterocycles. The fourth-order valence-electron chi connectivity index (χ4n) is 1.77. The third kappa shape index (κ3) is 4.31. The average molecular weight is 279 g/mol. The third-order valence-corrected chi connectivity index (χ3v) is 3.37. The maximum absolute atomic E-state index is 11.7. The van der Waals surface area contributed by atoms with Gasteiger partial charge in [-0.3, -0.25) is 14.9 Å². The van der Waals surface area contributed by atoms with Crippen LogP contribution in [-0.4, -0.2) is 16.9 Å². The Hall–Kier alpha value is -1.95. The lowest BCUT2D eigenvalue weighted by molar-refractivity contribution is -0.385. The van der Waals surface area contributed by atoms with Crippen LogP contribution in [-0.2, 0) is 11.3 Å². The first kappa shape index (κ1) is 16.1. The normalized spacial score (nSPS) is 12.2. The number of hydrogen-bond donors (Lipinski definition) is 2. The minimum absolute atomic E-state index is 0.0654. The summed E-state index contributed by atoms with van der Waals surface area (Å²) in [7, 11) is 0. The van der Waals surface area contributed by atoms with Gasteiger partial charge in [-0.2, -0.15) is 0 Å². The Morgan fingerprint density at radius 3 is 2.65 bits per heavy atom. The second-order valence-electron chi connectivity index (χ2n) is 5.21. The van der Waals surface area contributed by atoms with Crippen molar-refractivity contribution in [3.05, 3.63) is 39.4 Å². The largest absolute Gasteiger partial charge is 0.352 e. The average Bonchev–Trinajstić information content (AvgIpc) is 2.36. The summed E-state index contributed by atoms with van der Waals surface area (Å²) in [6.45, 7) is 5.88. The number of nitrogens with one attached hydrogen (secondary N) is 1. The Morgan fingerprint density at radius 2 is 2.10 bits per heavy atom. The van der Waals surface area contributed by atoms with Crippen molar-refractivity contribution in [2.45, 2.75) is 39.8 Å². The zero-order valence-electron chi connectivity index (χ0n) is 12.1. The van der Waals surface area contributed by atoms with E-state index >= 15 is 0 Å². The molecular formula is C14H21N3O3. The zero-order valence-corrected chi connectivity index (χ0v) is 12.1. The maximum atomic E-state index is 11.7. The quantitative estimate of drug-likeness (QED) is 0.613. The predicted octanol–water partition coefficient (Wildman–Crippen LogP) is 1.89. The van der Waals surface area contributed by atoms with Crippen LogP contribution in [0.3, 0.4) is 0 Å². The van der Waals surface area contributed by atoms with Crippen molar-refractivity contribution < 1.29 is 9.72 Å². The summed E-state index contributed by atoms with van der Waals surface area (Å²) >= 11 is 0. The first-order valence-corrected chi connectivity index (χ1v) is 6.58. The Morgan fingerprint density at radius 1 is 1.45 bits per heavy atom. The lowest BCUT2D eigenvalue weighted by Gasteiger charge is -2.15. The molecule has 1 aromatic rings. The standard InChI is InChI=1S/C14H21N3O3/c1-9(2)12(15)7-14(18)16-8-11-5-4-6-13(10(11)3)17(19)20/h4-6,9,12H,7-8,15H2,1-3H3,(H,16,18). The molecule has 1 aromatic carbocycles. The molecule has 0 heterocycles. The highest BCUT2D eigenvalue weighted by Crippen LogP contribution is 2.20. The van der Waals surface area contributed by atoms with Gasteiger partial charge in [0.1, 0.15) is 0 Å². The maximum Gasteiger partial charge on any atom is 0.272 e. The molecule has 0 aliphatic heterocycles. The molecule has 0 aliphatic carbocycles. The van der Waals surface area contributed by atoms with E-state index in [1.165, 1.54) is 6.07 Å². The summed E-state index contributed by atoms with van der Waals surface area (Å²) in [4.78, 5) is 22.1. The summed E-state index contributed by atoms with van der Waals surface area (Å²) in [5, 5.41) is 13.6. The van der Waals surface area contributed by atoms with Crippen LogP contribution in [0.5, 0.6) is 0 Å². The number of benzene rings is 1. The highest BCUT2D eigenvalue weighted by Gasteiger charge is 2.15. The van der Waals surface area contributed by atoms with Crippen molar-refractivity contribution in [1.82, 2.24) is 5.32 Å². The Balaban J connectivity index is 2.64. The van der Waals surface area contributed by atoms with Gasteiger partial charge in [-0.1, -0.05) is 26.0 Å². The van der Waals surface area contributed by atoms with E-state index in [1.807, 2.05) is 13.8 Å². The number of rotatable bonds is 6. The first-order chi connectivity index (χ1) is 9.32. The second kappa shape index (κ2) is 7.00. The number of amides is 1. The Bertz CT molecular complexity index is 500. The van der Waals surface area contributed by atoms with Crippen molar-refractivity contribution in [3.8, 4) is 0 Å². The zero-order chi connectivity index (χ0) is 15.3. The molecule has 0 bridgehead atoms. The van der Waals surface area contributed by atoms with Crippen LogP contribution in [0.25, 0.3) is 0 Å². The molecule has 3 N–H and O–H groups in total. The fourth-order valence-corrected chi connectivity index (χ4v) is 1.77. The summed E-state index contributed by atoms with van der Waals surface area (Å²) in [5.74, 6) is 0.0948. The van der Waals surface area contributed by atoms with Crippen molar-refractivity contribution in [2.24, 2.45) is 11.7 Å². The SMILES string of the molecule is Cc1c(CNC(=O)CC(N)C(C)C)cccc1[N+](=O)[O-]. The first-order valence-electron chi connectivity index (χ1n) is 6.58. The van der Waals surface area contributed by atoms with Gasteiger partial charge >= 0.3 is 0 Å². The molecule has 20 heavy (non-hydrogen) atoms. The van der Waals surface area contributed by atoms with Crippen molar-refractivity contribution in [3.63, 3.8) is 0 Å². The Labute approximate surface area is 118 Å². The molecule has 1 rings (SSSR count). The highest BCUT2D eigenvalue weighted by atomic mass is 16.6. The number of carbonyl (C=O) groups excluding carboxylic acids is 1. The second-order valence-corrected chi connectivity index (χ2v) is 5.21. The van der Waals surface area contributed by atoms with Crippen LogP contribution in [0.2, 0.25) is 0 Å². The van der Waals surface area contributed by atoms with Crippen LogP contribution in [0.4, 0.5) is 5.69 Å². The minimum Gasteiger partial charge on any atom is -0.352 e. The van der Waals surface area contributed by atoms with Crippen molar-refractivity contribution >= 4 is 11.6 Å². The highest BCUT2D eigenvalue weighted by molar-refractivity contribution is 5.76.